The van der Waals surface area contributed by atoms with Gasteiger partial charge in [0, 0.05) is 22.2 Å². The zero-order valence-electron chi connectivity index (χ0n) is 12.7. The molecular formula is C17H18Cl3N2O+. The number of benzene rings is 2. The minimum Gasteiger partial charge on any atom is -0.347 e. The lowest BCUT2D eigenvalue weighted by atomic mass is 10.1. The van der Waals surface area contributed by atoms with Crippen molar-refractivity contribution in [2.45, 2.75) is 19.5 Å². The number of amides is 1. The lowest BCUT2D eigenvalue weighted by Crippen LogP contribution is -2.87. The van der Waals surface area contributed by atoms with Gasteiger partial charge >= 0.3 is 0 Å². The Labute approximate surface area is 150 Å². The topological polar surface area (TPSA) is 45.7 Å². The average molecular weight is 373 g/mol. The number of hydrogen-bond acceptors (Lipinski definition) is 1. The highest BCUT2D eigenvalue weighted by atomic mass is 35.5. The summed E-state index contributed by atoms with van der Waals surface area (Å²) in [7, 11) is 0. The van der Waals surface area contributed by atoms with Crippen molar-refractivity contribution in [3.05, 3.63) is 68.7 Å². The lowest BCUT2D eigenvalue weighted by Gasteiger charge is -2.13. The van der Waals surface area contributed by atoms with Crippen LogP contribution in [0.4, 0.5) is 0 Å². The Morgan fingerprint density at radius 2 is 1.87 bits per heavy atom. The molecule has 0 aliphatic carbocycles. The van der Waals surface area contributed by atoms with Crippen LogP contribution in [-0.4, -0.2) is 12.5 Å². The molecule has 0 unspecified atom stereocenters. The number of hydrogen-bond donors (Lipinski definition) is 2. The van der Waals surface area contributed by atoms with Gasteiger partial charge < -0.3 is 10.6 Å². The third kappa shape index (κ3) is 5.40. The molecule has 3 nitrogen and oxygen atoms in total. The summed E-state index contributed by atoms with van der Waals surface area (Å²) in [5.74, 6) is -0.0538. The number of halogens is 3. The molecule has 0 aromatic heterocycles. The van der Waals surface area contributed by atoms with Crippen LogP contribution in [-0.2, 0) is 11.3 Å². The number of quaternary nitrogens is 1. The van der Waals surface area contributed by atoms with Gasteiger partial charge in [-0.15, -0.1) is 0 Å². The zero-order valence-corrected chi connectivity index (χ0v) is 14.9. The van der Waals surface area contributed by atoms with Crippen molar-refractivity contribution >= 4 is 40.7 Å². The quantitative estimate of drug-likeness (QED) is 0.800. The number of carbonyl (C=O) groups excluding carboxylic acids is 1. The molecule has 2 rings (SSSR count). The first kappa shape index (κ1) is 18.1. The molecule has 0 spiro atoms. The molecule has 2 aromatic carbocycles. The minimum atomic E-state index is -0.0538. The van der Waals surface area contributed by atoms with Crippen LogP contribution in [0.3, 0.4) is 0 Å². The van der Waals surface area contributed by atoms with E-state index >= 15 is 0 Å². The molecule has 0 fully saturated rings. The van der Waals surface area contributed by atoms with Crippen LogP contribution < -0.4 is 10.6 Å². The Morgan fingerprint density at radius 3 is 2.57 bits per heavy atom. The number of nitrogens with one attached hydrogen (secondary N) is 1. The summed E-state index contributed by atoms with van der Waals surface area (Å²) in [6, 6.07) is 12.9. The van der Waals surface area contributed by atoms with Crippen LogP contribution in [0, 0.1) is 0 Å². The Morgan fingerprint density at radius 1 is 1.13 bits per heavy atom. The van der Waals surface area contributed by atoms with E-state index in [0.717, 1.165) is 11.1 Å². The summed E-state index contributed by atoms with van der Waals surface area (Å²) in [5.41, 5.74) is 1.85. The molecule has 0 radical (unpaired) electrons. The number of nitrogens with two attached hydrogens (primary N) is 1. The zero-order chi connectivity index (χ0) is 16.8. The Bertz CT molecular complexity index is 691. The smallest absolute Gasteiger partial charge is 0.275 e. The Balaban J connectivity index is 1.83. The van der Waals surface area contributed by atoms with E-state index in [0.29, 0.717) is 28.2 Å². The molecule has 0 saturated heterocycles. The Kier molecular flexibility index (Phi) is 6.72. The predicted octanol–water partition coefficient (Wildman–Crippen LogP) is 3.59. The van der Waals surface area contributed by atoms with E-state index in [-0.39, 0.29) is 11.9 Å². The molecule has 23 heavy (non-hydrogen) atoms. The highest BCUT2D eigenvalue weighted by molar-refractivity contribution is 6.35. The van der Waals surface area contributed by atoms with Crippen LogP contribution in [0.25, 0.3) is 0 Å². The van der Waals surface area contributed by atoms with Crippen LogP contribution in [0.1, 0.15) is 24.1 Å². The Hall–Kier alpha value is -1.26. The van der Waals surface area contributed by atoms with Gasteiger partial charge in [-0.05, 0) is 30.7 Å². The van der Waals surface area contributed by atoms with E-state index in [2.05, 4.69) is 5.32 Å². The first-order valence-corrected chi connectivity index (χ1v) is 8.39. The summed E-state index contributed by atoms with van der Waals surface area (Å²) < 4.78 is 0. The van der Waals surface area contributed by atoms with Gasteiger partial charge in [0.25, 0.3) is 5.91 Å². The van der Waals surface area contributed by atoms with Crippen LogP contribution in [0.5, 0.6) is 0 Å². The molecule has 0 heterocycles. The van der Waals surface area contributed by atoms with Crippen molar-refractivity contribution in [2.24, 2.45) is 0 Å². The largest absolute Gasteiger partial charge is 0.347 e. The fraction of sp³-hybridized carbons (Fsp3) is 0.235. The van der Waals surface area contributed by atoms with E-state index in [1.54, 1.807) is 18.2 Å². The predicted molar refractivity (Wildman–Crippen MR) is 95.0 cm³/mol. The number of carbonyl (C=O) groups is 1. The normalized spacial score (nSPS) is 12.0. The van der Waals surface area contributed by atoms with Crippen LogP contribution >= 0.6 is 34.8 Å². The molecule has 1 atom stereocenters. The van der Waals surface area contributed by atoms with Crippen molar-refractivity contribution < 1.29 is 10.1 Å². The maximum absolute atomic E-state index is 12.0. The third-order valence-electron chi connectivity index (χ3n) is 3.54. The van der Waals surface area contributed by atoms with Gasteiger partial charge in [0.05, 0.1) is 5.02 Å². The van der Waals surface area contributed by atoms with Gasteiger partial charge in [-0.3, -0.25) is 4.79 Å². The minimum absolute atomic E-state index is 0.0538. The lowest BCUT2D eigenvalue weighted by molar-refractivity contribution is -0.682. The van der Waals surface area contributed by atoms with Gasteiger partial charge in [-0.1, -0.05) is 59.1 Å². The first-order chi connectivity index (χ1) is 11.0. The molecule has 1 amide bonds. The summed E-state index contributed by atoms with van der Waals surface area (Å²) in [6.45, 7) is 2.73. The summed E-state index contributed by atoms with van der Waals surface area (Å²) in [6.07, 6.45) is 0. The SMILES string of the molecule is C[C@H]([NH2+]CC(=O)NCc1ccccc1Cl)c1ccc(Cl)cc1Cl. The van der Waals surface area contributed by atoms with Crippen molar-refractivity contribution in [3.63, 3.8) is 0 Å². The molecule has 0 aliphatic heterocycles. The molecule has 3 N–H and O–H groups in total. The second-order valence-corrected chi connectivity index (χ2v) is 6.51. The highest BCUT2D eigenvalue weighted by Crippen LogP contribution is 2.24. The van der Waals surface area contributed by atoms with Gasteiger partial charge in [-0.25, -0.2) is 0 Å². The second kappa shape index (κ2) is 8.55. The van der Waals surface area contributed by atoms with Crippen molar-refractivity contribution in [1.82, 2.24) is 5.32 Å². The van der Waals surface area contributed by atoms with Gasteiger partial charge in [0.1, 0.15) is 6.04 Å². The molecule has 122 valence electrons. The monoisotopic (exact) mass is 371 g/mol. The average Bonchev–Trinajstić information content (AvgIpc) is 2.52. The van der Waals surface area contributed by atoms with Gasteiger partial charge in [0.2, 0.25) is 0 Å². The van der Waals surface area contributed by atoms with E-state index < -0.39 is 0 Å². The summed E-state index contributed by atoms with van der Waals surface area (Å²) in [5, 5.41) is 6.65. The highest BCUT2D eigenvalue weighted by Gasteiger charge is 2.14. The van der Waals surface area contributed by atoms with Crippen molar-refractivity contribution in [3.8, 4) is 0 Å². The fourth-order valence-corrected chi connectivity index (χ4v) is 2.97. The number of rotatable bonds is 6. The standard InChI is InChI=1S/C17H17Cl3N2O/c1-11(14-7-6-13(18)8-16(14)20)21-10-17(23)22-9-12-4-2-3-5-15(12)19/h2-8,11,21H,9-10H2,1H3,(H,22,23)/p+1/t11-/m0/s1. The molecule has 0 aliphatic rings. The third-order valence-corrected chi connectivity index (χ3v) is 4.47. The molecule has 0 saturated carbocycles. The van der Waals surface area contributed by atoms with E-state index in [1.807, 2.05) is 36.5 Å². The second-order valence-electron chi connectivity index (χ2n) is 5.26. The maximum atomic E-state index is 12.0. The van der Waals surface area contributed by atoms with Gasteiger partial charge in [-0.2, -0.15) is 0 Å². The van der Waals surface area contributed by atoms with Crippen LogP contribution in [0.2, 0.25) is 15.1 Å². The maximum Gasteiger partial charge on any atom is 0.275 e. The van der Waals surface area contributed by atoms with Crippen LogP contribution in [0.15, 0.2) is 42.5 Å². The first-order valence-electron chi connectivity index (χ1n) is 7.25. The van der Waals surface area contributed by atoms with E-state index in [9.17, 15) is 4.79 Å². The molecule has 2 aromatic rings. The van der Waals surface area contributed by atoms with Gasteiger partial charge in [0.15, 0.2) is 6.54 Å². The summed E-state index contributed by atoms with van der Waals surface area (Å²) in [4.78, 5) is 12.0. The van der Waals surface area contributed by atoms with E-state index in [1.165, 1.54) is 0 Å². The summed E-state index contributed by atoms with van der Waals surface area (Å²) >= 11 is 18.1. The molecular weight excluding hydrogens is 355 g/mol. The molecule has 0 bridgehead atoms. The van der Waals surface area contributed by atoms with Crippen molar-refractivity contribution in [2.75, 3.05) is 6.54 Å². The molecule has 6 heteroatoms. The van der Waals surface area contributed by atoms with E-state index in [4.69, 9.17) is 34.8 Å². The fourth-order valence-electron chi connectivity index (χ4n) is 2.19. The van der Waals surface area contributed by atoms with Crippen molar-refractivity contribution in [1.29, 1.82) is 0 Å².